The Kier molecular flexibility index (Phi) is 7.13. The van der Waals surface area contributed by atoms with Gasteiger partial charge in [-0.25, -0.2) is 4.79 Å². The van der Waals surface area contributed by atoms with Crippen molar-refractivity contribution in [2.45, 2.75) is 41.0 Å². The van der Waals surface area contributed by atoms with E-state index in [0.717, 1.165) is 11.1 Å². The molecule has 5 nitrogen and oxygen atoms in total. The van der Waals surface area contributed by atoms with Gasteiger partial charge in [0.15, 0.2) is 14.3 Å². The van der Waals surface area contributed by atoms with Crippen LogP contribution in [0.5, 0.6) is 5.75 Å². The monoisotopic (exact) mass is 490 g/mol. The van der Waals surface area contributed by atoms with Crippen LogP contribution in [0.25, 0.3) is 25.1 Å². The lowest BCUT2D eigenvalue weighted by Crippen LogP contribution is -2.33. The lowest BCUT2D eigenvalue weighted by Gasteiger charge is -2.20. The summed E-state index contributed by atoms with van der Waals surface area (Å²) in [7, 11) is -0.206. The Balaban J connectivity index is 1.50. The lowest BCUT2D eigenvalue weighted by molar-refractivity contribution is -0.153. The van der Waals surface area contributed by atoms with Crippen molar-refractivity contribution >= 4 is 42.7 Å². The quantitative estimate of drug-likeness (QED) is 0.166. The van der Waals surface area contributed by atoms with Crippen molar-refractivity contribution in [3.8, 4) is 10.6 Å². The molecule has 1 aromatic heterocycles. The molecule has 1 heterocycles. The summed E-state index contributed by atoms with van der Waals surface area (Å²) in [5.41, 5.74) is 1.28. The first-order valence-electron chi connectivity index (χ1n) is 11.9. The number of amides is 1. The molecule has 1 N–H and O–H groups in total. The molecule has 0 atom stereocenters. The van der Waals surface area contributed by atoms with Crippen molar-refractivity contribution in [1.82, 2.24) is 5.32 Å². The number of esters is 1. The summed E-state index contributed by atoms with van der Waals surface area (Å²) < 4.78 is 13.5. The molecule has 0 aliphatic carbocycles. The summed E-state index contributed by atoms with van der Waals surface area (Å²) in [6.45, 7) is 9.85. The van der Waals surface area contributed by atoms with Gasteiger partial charge in [-0.1, -0.05) is 31.2 Å². The number of ether oxygens (including phenoxy) is 2. The molecule has 182 valence electrons. The number of carbonyl (C=O) groups is 2. The molecular formula is C29H32NO4S+. The minimum atomic E-state index is -0.561. The SMILES string of the molecule is CCC(C)(C)C(=O)OCCNC(=O)Oc1c(C)cc(-[s+]2c3ccccc3c3ccccc32)cc1C. The highest BCUT2D eigenvalue weighted by Gasteiger charge is 2.27. The molecule has 3 aromatic carbocycles. The van der Waals surface area contributed by atoms with Gasteiger partial charge in [-0.3, -0.25) is 4.79 Å². The number of rotatable bonds is 7. The number of carbonyl (C=O) groups excluding carboxylic acids is 2. The van der Waals surface area contributed by atoms with Gasteiger partial charge in [0, 0.05) is 33.4 Å². The Morgan fingerprint density at radius 3 is 2.00 bits per heavy atom. The van der Waals surface area contributed by atoms with Gasteiger partial charge in [-0.05, 0) is 69.5 Å². The first kappa shape index (κ1) is 24.7. The zero-order chi connectivity index (χ0) is 25.2. The van der Waals surface area contributed by atoms with E-state index in [4.69, 9.17) is 9.47 Å². The molecule has 35 heavy (non-hydrogen) atoms. The fourth-order valence-electron chi connectivity index (χ4n) is 4.06. The van der Waals surface area contributed by atoms with Crippen LogP contribution in [0.2, 0.25) is 0 Å². The Labute approximate surface area is 209 Å². The van der Waals surface area contributed by atoms with E-state index in [0.29, 0.717) is 12.2 Å². The van der Waals surface area contributed by atoms with Crippen molar-refractivity contribution in [2.75, 3.05) is 13.2 Å². The second-order valence-electron chi connectivity index (χ2n) is 9.37. The molecule has 6 heteroatoms. The predicted octanol–water partition coefficient (Wildman–Crippen LogP) is 7.42. The largest absolute Gasteiger partial charge is 0.463 e. The van der Waals surface area contributed by atoms with Gasteiger partial charge in [-0.15, -0.1) is 0 Å². The number of aryl methyl sites for hydroxylation is 2. The van der Waals surface area contributed by atoms with Gasteiger partial charge in [0.2, 0.25) is 0 Å². The molecule has 0 spiro atoms. The number of thiophene rings is 1. The third kappa shape index (κ3) is 5.03. The van der Waals surface area contributed by atoms with Crippen molar-refractivity contribution in [3.05, 3.63) is 71.8 Å². The van der Waals surface area contributed by atoms with Gasteiger partial charge in [0.25, 0.3) is 0 Å². The second kappa shape index (κ2) is 10.1. The fourth-order valence-corrected chi connectivity index (χ4v) is 6.62. The van der Waals surface area contributed by atoms with Crippen LogP contribution in [0.1, 0.15) is 38.3 Å². The molecule has 0 radical (unpaired) electrons. The van der Waals surface area contributed by atoms with E-state index in [9.17, 15) is 9.59 Å². The van der Waals surface area contributed by atoms with E-state index >= 15 is 0 Å². The van der Waals surface area contributed by atoms with Gasteiger partial charge in [0.1, 0.15) is 12.4 Å². The maximum atomic E-state index is 12.4. The Bertz CT molecular complexity index is 1330. The summed E-state index contributed by atoms with van der Waals surface area (Å²) >= 11 is 0. The average molecular weight is 491 g/mol. The summed E-state index contributed by atoms with van der Waals surface area (Å²) in [6, 6.07) is 21.4. The Morgan fingerprint density at radius 1 is 0.914 bits per heavy atom. The third-order valence-electron chi connectivity index (χ3n) is 6.41. The second-order valence-corrected chi connectivity index (χ2v) is 11.3. The van der Waals surface area contributed by atoms with Gasteiger partial charge >= 0.3 is 12.1 Å². The van der Waals surface area contributed by atoms with Crippen LogP contribution in [0, 0.1) is 19.3 Å². The molecule has 0 saturated heterocycles. The normalized spacial score (nSPS) is 11.6. The van der Waals surface area contributed by atoms with Crippen LogP contribution in [-0.2, 0) is 9.53 Å². The average Bonchev–Trinajstić information content (AvgIpc) is 3.18. The standard InChI is InChI=1S/C29H31NO4S/c1-6-29(4,5)27(31)33-16-15-30-28(32)34-26-19(2)17-21(18-20(26)3)35-24-13-9-7-11-22(24)23-12-8-10-14-25(23)35/h7-14,17-18H,6,15-16H2,1-5H3/p+1. The minimum absolute atomic E-state index is 0.107. The first-order valence-corrected chi connectivity index (χ1v) is 13.1. The number of nitrogens with one attached hydrogen (secondary N) is 1. The van der Waals surface area contributed by atoms with Crippen LogP contribution in [0.3, 0.4) is 0 Å². The molecule has 0 aliphatic rings. The summed E-state index contributed by atoms with van der Waals surface area (Å²) in [4.78, 5) is 25.7. The highest BCUT2D eigenvalue weighted by atomic mass is 32.2. The molecule has 1 amide bonds. The van der Waals surface area contributed by atoms with E-state index in [-0.39, 0.29) is 29.6 Å². The zero-order valence-electron chi connectivity index (χ0n) is 20.9. The first-order chi connectivity index (χ1) is 16.7. The smallest absolute Gasteiger partial charge is 0.412 e. The van der Waals surface area contributed by atoms with E-state index in [1.165, 1.54) is 25.1 Å². The number of hydrogen-bond donors (Lipinski definition) is 1. The molecular weight excluding hydrogens is 458 g/mol. The lowest BCUT2D eigenvalue weighted by atomic mass is 9.91. The van der Waals surface area contributed by atoms with Crippen molar-refractivity contribution in [3.63, 3.8) is 0 Å². The van der Waals surface area contributed by atoms with Gasteiger partial charge < -0.3 is 14.8 Å². The topological polar surface area (TPSA) is 64.6 Å². The number of fused-ring (bicyclic) bond motifs is 3. The van der Waals surface area contributed by atoms with Crippen LogP contribution in [-0.4, -0.2) is 25.2 Å². The highest BCUT2D eigenvalue weighted by Crippen LogP contribution is 2.49. The van der Waals surface area contributed by atoms with Crippen LogP contribution >= 0.6 is 10.5 Å². The summed E-state index contributed by atoms with van der Waals surface area (Å²) in [5, 5.41) is 5.23. The summed E-state index contributed by atoms with van der Waals surface area (Å²) in [6.07, 6.45) is 0.128. The van der Waals surface area contributed by atoms with Gasteiger partial charge in [-0.2, -0.15) is 0 Å². The zero-order valence-corrected chi connectivity index (χ0v) is 21.8. The predicted molar refractivity (Wildman–Crippen MR) is 144 cm³/mol. The van der Waals surface area contributed by atoms with Crippen LogP contribution in [0.15, 0.2) is 60.7 Å². The molecule has 4 aromatic rings. The van der Waals surface area contributed by atoms with Crippen molar-refractivity contribution in [1.29, 1.82) is 0 Å². The highest BCUT2D eigenvalue weighted by molar-refractivity contribution is 7.50. The van der Waals surface area contributed by atoms with Crippen molar-refractivity contribution < 1.29 is 19.1 Å². The van der Waals surface area contributed by atoms with Crippen LogP contribution in [0.4, 0.5) is 4.79 Å². The van der Waals surface area contributed by atoms with E-state index in [1.54, 1.807) is 0 Å². The molecule has 0 fully saturated rings. The molecule has 4 rings (SSSR count). The number of benzene rings is 3. The maximum Gasteiger partial charge on any atom is 0.412 e. The van der Waals surface area contributed by atoms with Crippen LogP contribution < -0.4 is 10.1 Å². The summed E-state index contributed by atoms with van der Waals surface area (Å²) in [5.74, 6) is 0.285. The van der Waals surface area contributed by atoms with Gasteiger partial charge in [0.05, 0.1) is 12.0 Å². The Hall–Kier alpha value is -3.38. The minimum Gasteiger partial charge on any atom is -0.463 e. The number of hydrogen-bond acceptors (Lipinski definition) is 4. The molecule has 0 unspecified atom stereocenters. The van der Waals surface area contributed by atoms with E-state index in [2.05, 4.69) is 66.0 Å². The third-order valence-corrected chi connectivity index (χ3v) is 8.71. The molecule has 0 bridgehead atoms. The molecule has 0 aliphatic heterocycles. The van der Waals surface area contributed by atoms with Crippen molar-refractivity contribution in [2.24, 2.45) is 5.41 Å². The Morgan fingerprint density at radius 2 is 1.46 bits per heavy atom. The fraction of sp³-hybridized carbons (Fsp3) is 0.310. The molecule has 0 saturated carbocycles. The van der Waals surface area contributed by atoms with E-state index in [1.807, 2.05) is 34.6 Å². The van der Waals surface area contributed by atoms with E-state index < -0.39 is 11.5 Å². The maximum absolute atomic E-state index is 12.4.